The van der Waals surface area contributed by atoms with Gasteiger partial charge in [-0.25, -0.2) is 0 Å². The number of aryl methyl sites for hydroxylation is 1. The molecule has 0 saturated carbocycles. The first-order valence-corrected chi connectivity index (χ1v) is 9.84. The first-order valence-electron chi connectivity index (χ1n) is 9.84. The highest BCUT2D eigenvalue weighted by Gasteiger charge is 2.17. The summed E-state index contributed by atoms with van der Waals surface area (Å²) in [5.74, 6) is 0.682. The smallest absolute Gasteiger partial charge is 0.251 e. The third-order valence-electron chi connectivity index (χ3n) is 5.50. The van der Waals surface area contributed by atoms with Gasteiger partial charge in [-0.05, 0) is 79.9 Å². The molecule has 3 N–H and O–H groups in total. The Labute approximate surface area is 160 Å². The second kappa shape index (κ2) is 7.97. The van der Waals surface area contributed by atoms with Gasteiger partial charge in [-0.3, -0.25) is 4.79 Å². The normalized spacial score (nSPS) is 15.1. The minimum atomic E-state index is 0.0160. The molecule has 1 aliphatic heterocycles. The second-order valence-corrected chi connectivity index (χ2v) is 7.61. The van der Waals surface area contributed by atoms with Gasteiger partial charge in [0, 0.05) is 23.3 Å². The van der Waals surface area contributed by atoms with Crippen LogP contribution in [0, 0.1) is 12.8 Å². The van der Waals surface area contributed by atoms with Crippen molar-refractivity contribution in [3.8, 4) is 0 Å². The summed E-state index contributed by atoms with van der Waals surface area (Å²) < 4.78 is 0. The molecule has 27 heavy (non-hydrogen) atoms. The highest BCUT2D eigenvalue weighted by Crippen LogP contribution is 2.21. The van der Waals surface area contributed by atoms with Crippen LogP contribution in [0.4, 0.5) is 0 Å². The number of carbonyl (C=O) groups excluding carboxylic acids is 1. The van der Waals surface area contributed by atoms with Crippen molar-refractivity contribution in [3.05, 3.63) is 70.9 Å². The fraction of sp³-hybridized carbons (Fsp3) is 0.348. The number of H-pyrrole nitrogens is 1. The van der Waals surface area contributed by atoms with Crippen molar-refractivity contribution in [2.24, 2.45) is 5.92 Å². The zero-order valence-electron chi connectivity index (χ0n) is 15.8. The molecule has 0 spiro atoms. The molecule has 0 unspecified atom stereocenters. The van der Waals surface area contributed by atoms with Gasteiger partial charge < -0.3 is 15.6 Å². The molecule has 1 aliphatic rings. The lowest BCUT2D eigenvalue weighted by Crippen LogP contribution is -2.29. The summed E-state index contributed by atoms with van der Waals surface area (Å²) in [5.41, 5.74) is 5.35. The molecule has 0 atom stereocenters. The number of benzene rings is 2. The molecule has 1 amide bonds. The molecule has 1 fully saturated rings. The second-order valence-electron chi connectivity index (χ2n) is 7.61. The number of rotatable bonds is 5. The molecule has 1 saturated heterocycles. The Hall–Kier alpha value is -2.59. The van der Waals surface area contributed by atoms with Gasteiger partial charge in [0.15, 0.2) is 0 Å². The third kappa shape index (κ3) is 4.22. The minimum absolute atomic E-state index is 0.0160. The van der Waals surface area contributed by atoms with Gasteiger partial charge in [0.1, 0.15) is 0 Å². The average molecular weight is 361 g/mol. The monoisotopic (exact) mass is 361 g/mol. The number of nitrogens with one attached hydrogen (secondary N) is 3. The number of fused-ring (bicyclic) bond motifs is 1. The summed E-state index contributed by atoms with van der Waals surface area (Å²) in [6.45, 7) is 4.76. The molecule has 2 heterocycles. The Balaban J connectivity index is 1.44. The summed E-state index contributed by atoms with van der Waals surface area (Å²) in [5, 5.41) is 7.71. The van der Waals surface area contributed by atoms with E-state index in [9.17, 15) is 4.79 Å². The zero-order chi connectivity index (χ0) is 18.6. The summed E-state index contributed by atoms with van der Waals surface area (Å²) in [6.07, 6.45) is 3.36. The molecule has 4 nitrogen and oxygen atoms in total. The number of aromatic amines is 1. The van der Waals surface area contributed by atoms with Gasteiger partial charge in [-0.2, -0.15) is 0 Å². The fourth-order valence-electron chi connectivity index (χ4n) is 4.02. The molecule has 1 aromatic heterocycles. The highest BCUT2D eigenvalue weighted by molar-refractivity contribution is 5.95. The summed E-state index contributed by atoms with van der Waals surface area (Å²) >= 11 is 0. The Kier molecular flexibility index (Phi) is 5.26. The van der Waals surface area contributed by atoms with Crippen LogP contribution in [0.2, 0.25) is 0 Å². The SMILES string of the molecule is Cc1cc2ccc(CNC(=O)c3ccccc3CC3CCNCC3)cc2[nH]1. The Bertz CT molecular complexity index is 938. The van der Waals surface area contributed by atoms with Crippen molar-refractivity contribution in [3.63, 3.8) is 0 Å². The number of hydrogen-bond donors (Lipinski definition) is 3. The fourth-order valence-corrected chi connectivity index (χ4v) is 4.02. The molecule has 4 heteroatoms. The van der Waals surface area contributed by atoms with Gasteiger partial charge in [0.2, 0.25) is 0 Å². The van der Waals surface area contributed by atoms with Crippen molar-refractivity contribution in [1.29, 1.82) is 0 Å². The van der Waals surface area contributed by atoms with Gasteiger partial charge >= 0.3 is 0 Å². The number of aromatic nitrogens is 1. The topological polar surface area (TPSA) is 56.9 Å². The molecule has 0 bridgehead atoms. The predicted molar refractivity (Wildman–Crippen MR) is 110 cm³/mol. The largest absolute Gasteiger partial charge is 0.359 e. The van der Waals surface area contributed by atoms with Crippen LogP contribution >= 0.6 is 0 Å². The van der Waals surface area contributed by atoms with Crippen LogP contribution in [0.15, 0.2) is 48.5 Å². The number of carbonyl (C=O) groups is 1. The number of hydrogen-bond acceptors (Lipinski definition) is 2. The van der Waals surface area contributed by atoms with E-state index in [-0.39, 0.29) is 5.91 Å². The standard InChI is InChI=1S/C23H27N3O/c1-16-12-20-7-6-18(14-22(20)26-16)15-25-23(27)21-5-3-2-4-19(21)13-17-8-10-24-11-9-17/h2-7,12,14,17,24,26H,8-11,13,15H2,1H3,(H,25,27). The maximum absolute atomic E-state index is 12.8. The van der Waals surface area contributed by atoms with E-state index in [0.717, 1.165) is 47.4 Å². The third-order valence-corrected chi connectivity index (χ3v) is 5.50. The molecule has 3 aromatic rings. The molecular formula is C23H27N3O. The van der Waals surface area contributed by atoms with Crippen LogP contribution in [0.5, 0.6) is 0 Å². The minimum Gasteiger partial charge on any atom is -0.359 e. The van der Waals surface area contributed by atoms with Crippen LogP contribution in [0.25, 0.3) is 10.9 Å². The first-order chi connectivity index (χ1) is 13.2. The van der Waals surface area contributed by atoms with Crippen LogP contribution in [0.3, 0.4) is 0 Å². The average Bonchev–Trinajstić information content (AvgIpc) is 3.06. The molecular weight excluding hydrogens is 334 g/mol. The Morgan fingerprint density at radius 1 is 1.11 bits per heavy atom. The van der Waals surface area contributed by atoms with Crippen LogP contribution in [0.1, 0.15) is 40.0 Å². The van der Waals surface area contributed by atoms with Gasteiger partial charge in [-0.15, -0.1) is 0 Å². The van der Waals surface area contributed by atoms with Gasteiger partial charge in [0.25, 0.3) is 5.91 Å². The van der Waals surface area contributed by atoms with E-state index in [4.69, 9.17) is 0 Å². The molecule has 4 rings (SSSR count). The van der Waals surface area contributed by atoms with E-state index in [0.29, 0.717) is 12.5 Å². The van der Waals surface area contributed by atoms with Crippen molar-refractivity contribution in [2.75, 3.05) is 13.1 Å². The van der Waals surface area contributed by atoms with E-state index in [1.165, 1.54) is 18.2 Å². The molecule has 140 valence electrons. The maximum Gasteiger partial charge on any atom is 0.251 e. The van der Waals surface area contributed by atoms with Crippen LogP contribution in [-0.4, -0.2) is 24.0 Å². The molecule has 0 radical (unpaired) electrons. The summed E-state index contributed by atoms with van der Waals surface area (Å²) in [7, 11) is 0. The van der Waals surface area contributed by atoms with Crippen molar-refractivity contribution < 1.29 is 4.79 Å². The first kappa shape index (κ1) is 17.8. The van der Waals surface area contributed by atoms with Gasteiger partial charge in [0.05, 0.1) is 0 Å². The highest BCUT2D eigenvalue weighted by atomic mass is 16.1. The van der Waals surface area contributed by atoms with E-state index in [2.05, 4.69) is 52.9 Å². The Morgan fingerprint density at radius 3 is 2.78 bits per heavy atom. The molecule has 0 aliphatic carbocycles. The van der Waals surface area contributed by atoms with Crippen LogP contribution < -0.4 is 10.6 Å². The number of amides is 1. The van der Waals surface area contributed by atoms with Gasteiger partial charge in [-0.1, -0.05) is 30.3 Å². The van der Waals surface area contributed by atoms with Crippen molar-refractivity contribution in [1.82, 2.24) is 15.6 Å². The van der Waals surface area contributed by atoms with E-state index >= 15 is 0 Å². The van der Waals surface area contributed by atoms with Crippen molar-refractivity contribution in [2.45, 2.75) is 32.7 Å². The predicted octanol–water partition coefficient (Wildman–Crippen LogP) is 3.95. The van der Waals surface area contributed by atoms with Crippen LogP contribution in [-0.2, 0) is 13.0 Å². The lowest BCUT2D eigenvalue weighted by atomic mass is 9.89. The lowest BCUT2D eigenvalue weighted by molar-refractivity contribution is 0.0949. The summed E-state index contributed by atoms with van der Waals surface area (Å²) in [4.78, 5) is 16.2. The quantitative estimate of drug-likeness (QED) is 0.644. The number of piperidine rings is 1. The Morgan fingerprint density at radius 2 is 1.93 bits per heavy atom. The zero-order valence-corrected chi connectivity index (χ0v) is 15.8. The van der Waals surface area contributed by atoms with E-state index in [1.54, 1.807) is 0 Å². The summed E-state index contributed by atoms with van der Waals surface area (Å²) in [6, 6.07) is 16.5. The molecule has 2 aromatic carbocycles. The van der Waals surface area contributed by atoms with E-state index < -0.39 is 0 Å². The maximum atomic E-state index is 12.8. The lowest BCUT2D eigenvalue weighted by Gasteiger charge is -2.23. The van der Waals surface area contributed by atoms with Crippen molar-refractivity contribution >= 4 is 16.8 Å². The van der Waals surface area contributed by atoms with E-state index in [1.807, 2.05) is 18.2 Å².